The van der Waals surface area contributed by atoms with Crippen molar-refractivity contribution < 1.29 is 17.9 Å². The van der Waals surface area contributed by atoms with Gasteiger partial charge in [-0.1, -0.05) is 0 Å². The Labute approximate surface area is 120 Å². The van der Waals surface area contributed by atoms with Crippen LogP contribution in [-0.2, 0) is 4.74 Å². The van der Waals surface area contributed by atoms with Crippen molar-refractivity contribution in [2.45, 2.75) is 13.1 Å². The average Bonchev–Trinajstić information content (AvgIpc) is 2.37. The van der Waals surface area contributed by atoms with Crippen LogP contribution in [0.15, 0.2) is 24.3 Å². The van der Waals surface area contributed by atoms with E-state index in [1.54, 1.807) is 12.1 Å². The van der Waals surface area contributed by atoms with Gasteiger partial charge in [-0.15, -0.1) is 0 Å². The molecule has 1 aromatic carbocycles. The maximum absolute atomic E-state index is 11.9. The number of nitrogens with two attached hydrogens (primary N) is 1. The summed E-state index contributed by atoms with van der Waals surface area (Å²) >= 11 is 0. The van der Waals surface area contributed by atoms with Crippen LogP contribution in [0.3, 0.4) is 0 Å². The van der Waals surface area contributed by atoms with Crippen molar-refractivity contribution >= 4 is 22.3 Å². The Balaban J connectivity index is 2.03. The summed E-state index contributed by atoms with van der Waals surface area (Å²) in [5.74, 6) is 0. The van der Waals surface area contributed by atoms with Crippen LogP contribution in [0, 0.1) is 6.92 Å². The van der Waals surface area contributed by atoms with Crippen LogP contribution in [0.1, 0.15) is 5.69 Å². The second-order valence-electron chi connectivity index (χ2n) is 4.68. The van der Waals surface area contributed by atoms with E-state index in [2.05, 4.69) is 15.0 Å². The summed E-state index contributed by atoms with van der Waals surface area (Å²) in [5, 5.41) is 3.88. The zero-order chi connectivity index (χ0) is 15.5. The van der Waals surface area contributed by atoms with Crippen LogP contribution in [0.2, 0.25) is 0 Å². The van der Waals surface area contributed by atoms with Crippen LogP contribution >= 0.6 is 0 Å². The monoisotopic (exact) mass is 299 g/mol. The first kappa shape index (κ1) is 15.4. The molecule has 2 rings (SSSR count). The first-order chi connectivity index (χ1) is 9.85. The maximum Gasteiger partial charge on any atom is 0.411 e. The van der Waals surface area contributed by atoms with Crippen molar-refractivity contribution in [1.29, 1.82) is 0 Å². The molecule has 7 heteroatoms. The smallest absolute Gasteiger partial charge is 0.399 e. The molecule has 0 aliphatic rings. The predicted octanol–water partition coefficient (Wildman–Crippen LogP) is 3.12. The van der Waals surface area contributed by atoms with E-state index < -0.39 is 12.8 Å². The van der Waals surface area contributed by atoms with E-state index in [0.717, 1.165) is 22.3 Å². The maximum atomic E-state index is 11.9. The summed E-state index contributed by atoms with van der Waals surface area (Å²) in [5.41, 5.74) is 8.72. The Kier molecular flexibility index (Phi) is 4.52. The third-order valence-corrected chi connectivity index (χ3v) is 2.79. The van der Waals surface area contributed by atoms with Crippen molar-refractivity contribution in [1.82, 2.24) is 4.98 Å². The van der Waals surface area contributed by atoms with Gasteiger partial charge in [0.1, 0.15) is 6.61 Å². The van der Waals surface area contributed by atoms with Gasteiger partial charge in [0.2, 0.25) is 0 Å². The lowest BCUT2D eigenvalue weighted by molar-refractivity contribution is -0.172. The number of halogens is 3. The second kappa shape index (κ2) is 6.17. The third kappa shape index (κ3) is 4.49. The van der Waals surface area contributed by atoms with Crippen LogP contribution in [0.4, 0.5) is 24.5 Å². The zero-order valence-corrected chi connectivity index (χ0v) is 11.5. The van der Waals surface area contributed by atoms with E-state index in [-0.39, 0.29) is 13.2 Å². The minimum Gasteiger partial charge on any atom is -0.399 e. The van der Waals surface area contributed by atoms with Gasteiger partial charge in [0.25, 0.3) is 0 Å². The Bertz CT molecular complexity index is 629. The molecule has 4 nitrogen and oxygen atoms in total. The van der Waals surface area contributed by atoms with Gasteiger partial charge in [-0.25, -0.2) is 0 Å². The number of benzene rings is 1. The van der Waals surface area contributed by atoms with Gasteiger partial charge in [0, 0.05) is 29.0 Å². The van der Waals surface area contributed by atoms with Gasteiger partial charge >= 0.3 is 6.18 Å². The van der Waals surface area contributed by atoms with Crippen molar-refractivity contribution in [2.24, 2.45) is 0 Å². The fourth-order valence-electron chi connectivity index (χ4n) is 1.97. The summed E-state index contributed by atoms with van der Waals surface area (Å²) < 4.78 is 40.4. The van der Waals surface area contributed by atoms with E-state index >= 15 is 0 Å². The first-order valence-corrected chi connectivity index (χ1v) is 6.40. The summed E-state index contributed by atoms with van der Waals surface area (Å²) in [6.07, 6.45) is -4.30. The van der Waals surface area contributed by atoms with E-state index in [4.69, 9.17) is 5.73 Å². The minimum atomic E-state index is -4.30. The Morgan fingerprint density at radius 1 is 1.29 bits per heavy atom. The molecular formula is C14H16F3N3O. The number of nitrogens with zero attached hydrogens (tertiary/aromatic N) is 1. The Morgan fingerprint density at radius 3 is 2.76 bits per heavy atom. The molecule has 0 spiro atoms. The van der Waals surface area contributed by atoms with E-state index in [1.165, 1.54) is 0 Å². The number of hydrogen-bond donors (Lipinski definition) is 2. The van der Waals surface area contributed by atoms with Gasteiger partial charge in [-0.2, -0.15) is 13.2 Å². The summed E-state index contributed by atoms with van der Waals surface area (Å²) in [4.78, 5) is 4.38. The van der Waals surface area contributed by atoms with Crippen molar-refractivity contribution in [3.8, 4) is 0 Å². The molecule has 1 aromatic heterocycles. The number of aromatic nitrogens is 1. The van der Waals surface area contributed by atoms with Gasteiger partial charge in [-0.3, -0.25) is 4.98 Å². The predicted molar refractivity (Wildman–Crippen MR) is 76.3 cm³/mol. The fraction of sp³-hybridized carbons (Fsp3) is 0.357. The van der Waals surface area contributed by atoms with Crippen molar-refractivity contribution in [2.75, 3.05) is 30.8 Å². The number of nitrogen functional groups attached to an aromatic ring is 1. The van der Waals surface area contributed by atoms with Crippen LogP contribution in [-0.4, -0.2) is 30.9 Å². The highest BCUT2D eigenvalue weighted by Gasteiger charge is 2.27. The second-order valence-corrected chi connectivity index (χ2v) is 4.68. The van der Waals surface area contributed by atoms with Gasteiger partial charge in [0.15, 0.2) is 0 Å². The molecule has 0 fully saturated rings. The largest absolute Gasteiger partial charge is 0.411 e. The number of hydrogen-bond acceptors (Lipinski definition) is 4. The third-order valence-electron chi connectivity index (χ3n) is 2.79. The zero-order valence-electron chi connectivity index (χ0n) is 11.5. The molecule has 0 saturated carbocycles. The van der Waals surface area contributed by atoms with E-state index in [9.17, 15) is 13.2 Å². The fourth-order valence-corrected chi connectivity index (χ4v) is 1.97. The minimum absolute atomic E-state index is 0.0370. The normalized spacial score (nSPS) is 11.8. The standard InChI is InChI=1S/C14H16F3N3O/c1-9-6-13(19-4-5-21-8-14(15,16)17)11-7-10(18)2-3-12(11)20-9/h2-3,6-7H,4-5,8,18H2,1H3,(H,19,20). The van der Waals surface area contributed by atoms with Gasteiger partial charge < -0.3 is 15.8 Å². The number of aryl methyl sites for hydroxylation is 1. The number of anilines is 2. The van der Waals surface area contributed by atoms with Gasteiger partial charge in [-0.05, 0) is 31.2 Å². The first-order valence-electron chi connectivity index (χ1n) is 6.40. The topological polar surface area (TPSA) is 60.2 Å². The van der Waals surface area contributed by atoms with E-state index in [1.807, 2.05) is 19.1 Å². The highest BCUT2D eigenvalue weighted by molar-refractivity contribution is 5.93. The van der Waals surface area contributed by atoms with Crippen LogP contribution in [0.25, 0.3) is 10.9 Å². The highest BCUT2D eigenvalue weighted by atomic mass is 19.4. The summed E-state index contributed by atoms with van der Waals surface area (Å²) in [6.45, 7) is 0.840. The quantitative estimate of drug-likeness (QED) is 0.658. The number of pyridine rings is 1. The summed E-state index contributed by atoms with van der Waals surface area (Å²) in [7, 11) is 0. The molecule has 0 radical (unpaired) electrons. The molecule has 1 heterocycles. The van der Waals surface area contributed by atoms with E-state index in [0.29, 0.717) is 5.69 Å². The van der Waals surface area contributed by atoms with Crippen LogP contribution < -0.4 is 11.1 Å². The molecule has 0 aliphatic heterocycles. The average molecular weight is 299 g/mol. The molecule has 0 atom stereocenters. The molecule has 114 valence electrons. The Hall–Kier alpha value is -2.02. The van der Waals surface area contributed by atoms with Crippen LogP contribution in [0.5, 0.6) is 0 Å². The Morgan fingerprint density at radius 2 is 2.05 bits per heavy atom. The number of fused-ring (bicyclic) bond motifs is 1. The molecule has 0 unspecified atom stereocenters. The summed E-state index contributed by atoms with van der Waals surface area (Å²) in [6, 6.07) is 7.17. The molecule has 0 aliphatic carbocycles. The molecule has 2 aromatic rings. The molecule has 3 N–H and O–H groups in total. The number of nitrogens with one attached hydrogen (secondary N) is 1. The lowest BCUT2D eigenvalue weighted by Crippen LogP contribution is -2.20. The lowest BCUT2D eigenvalue weighted by atomic mass is 10.1. The SMILES string of the molecule is Cc1cc(NCCOCC(F)(F)F)c2cc(N)ccc2n1. The van der Waals surface area contributed by atoms with Crippen molar-refractivity contribution in [3.05, 3.63) is 30.0 Å². The van der Waals surface area contributed by atoms with Crippen molar-refractivity contribution in [3.63, 3.8) is 0 Å². The molecule has 0 amide bonds. The number of rotatable bonds is 5. The molecule has 21 heavy (non-hydrogen) atoms. The number of alkyl halides is 3. The molecule has 0 saturated heterocycles. The highest BCUT2D eigenvalue weighted by Crippen LogP contribution is 2.25. The molecular weight excluding hydrogens is 283 g/mol. The van der Waals surface area contributed by atoms with Gasteiger partial charge in [0.05, 0.1) is 12.1 Å². The molecule has 0 bridgehead atoms. The number of ether oxygens (including phenoxy) is 1. The lowest BCUT2D eigenvalue weighted by Gasteiger charge is -2.12.